The van der Waals surface area contributed by atoms with Gasteiger partial charge < -0.3 is 0 Å². The fourth-order valence-electron chi connectivity index (χ4n) is 1.82. The monoisotopic (exact) mass is 301 g/mol. The maximum absolute atomic E-state index is 11.8. The molecule has 0 saturated carbocycles. The Kier molecular flexibility index (Phi) is 3.04. The largest absolute Gasteiger partial charge is 0.285 e. The molecule has 16 heavy (non-hydrogen) atoms. The van der Waals surface area contributed by atoms with Crippen molar-refractivity contribution in [1.82, 2.24) is 4.90 Å². The zero-order valence-corrected chi connectivity index (χ0v) is 10.9. The second kappa shape index (κ2) is 4.18. The molecule has 1 atom stereocenters. The molecule has 1 saturated heterocycles. The van der Waals surface area contributed by atoms with Gasteiger partial charge in [-0.1, -0.05) is 33.6 Å². The molecule has 0 spiro atoms. The van der Waals surface area contributed by atoms with Crippen molar-refractivity contribution >= 4 is 39.3 Å². The molecule has 1 aromatic rings. The molecule has 0 aromatic heterocycles. The fraction of sp³-hybridized carbons (Fsp3) is 0.273. The van der Waals surface area contributed by atoms with Crippen molar-refractivity contribution in [2.45, 2.75) is 12.3 Å². The van der Waals surface area contributed by atoms with Gasteiger partial charge in [-0.2, -0.15) is 0 Å². The number of rotatable bonds is 1. The van der Waals surface area contributed by atoms with E-state index in [-0.39, 0.29) is 18.2 Å². The highest BCUT2D eigenvalue weighted by atomic mass is 79.9. The Morgan fingerprint density at radius 2 is 2.12 bits per heavy atom. The fourth-order valence-corrected chi connectivity index (χ4v) is 2.89. The summed E-state index contributed by atoms with van der Waals surface area (Å²) in [5.74, 6) is -0.818. The molecule has 0 bridgehead atoms. The highest BCUT2D eigenvalue weighted by Gasteiger charge is 2.38. The summed E-state index contributed by atoms with van der Waals surface area (Å²) in [5.41, 5.74) is 0.701. The van der Waals surface area contributed by atoms with Crippen LogP contribution in [0.2, 0.25) is 5.02 Å². The molecule has 1 aliphatic rings. The van der Waals surface area contributed by atoms with Gasteiger partial charge in [0, 0.05) is 23.0 Å². The number of nitrogens with zero attached hydrogens (tertiary/aromatic N) is 1. The third-order valence-electron chi connectivity index (χ3n) is 2.73. The summed E-state index contributed by atoms with van der Waals surface area (Å²) in [6.07, 6.45) is 0.192. The predicted molar refractivity (Wildman–Crippen MR) is 64.3 cm³/mol. The van der Waals surface area contributed by atoms with E-state index in [1.807, 2.05) is 6.07 Å². The Morgan fingerprint density at radius 1 is 1.44 bits per heavy atom. The molecule has 2 amide bonds. The van der Waals surface area contributed by atoms with Crippen molar-refractivity contribution in [3.05, 3.63) is 33.3 Å². The topological polar surface area (TPSA) is 37.4 Å². The number of benzene rings is 1. The number of carbonyl (C=O) groups excluding carboxylic acids is 2. The van der Waals surface area contributed by atoms with Gasteiger partial charge in [-0.05, 0) is 17.7 Å². The number of hydrogen-bond acceptors (Lipinski definition) is 2. The molecule has 84 valence electrons. The first kappa shape index (κ1) is 11.6. The standard InChI is InChI=1S/C11H9BrClNO2/c1-14-9(15)5-6(11(14)16)10-7(12)3-2-4-8(10)13/h2-4,6H,5H2,1H3. The van der Waals surface area contributed by atoms with E-state index >= 15 is 0 Å². The van der Waals surface area contributed by atoms with Crippen LogP contribution >= 0.6 is 27.5 Å². The molecule has 2 rings (SSSR count). The molecule has 1 aliphatic heterocycles. The summed E-state index contributed by atoms with van der Waals surface area (Å²) >= 11 is 9.42. The molecule has 0 N–H and O–H groups in total. The molecular weight excluding hydrogens is 293 g/mol. The van der Waals surface area contributed by atoms with Crippen molar-refractivity contribution in [3.8, 4) is 0 Å². The molecule has 1 fully saturated rings. The van der Waals surface area contributed by atoms with Gasteiger partial charge in [0.1, 0.15) is 0 Å². The van der Waals surface area contributed by atoms with E-state index in [0.29, 0.717) is 10.6 Å². The Hall–Kier alpha value is -0.870. The second-order valence-corrected chi connectivity index (χ2v) is 4.94. The minimum atomic E-state index is -0.458. The number of halogens is 2. The third-order valence-corrected chi connectivity index (χ3v) is 3.75. The van der Waals surface area contributed by atoms with Crippen molar-refractivity contribution < 1.29 is 9.59 Å². The minimum absolute atomic E-state index is 0.165. The number of imide groups is 1. The molecule has 1 aromatic carbocycles. The number of carbonyl (C=O) groups is 2. The van der Waals surface area contributed by atoms with Crippen molar-refractivity contribution in [3.63, 3.8) is 0 Å². The Labute approximate surface area is 107 Å². The lowest BCUT2D eigenvalue weighted by Crippen LogP contribution is -2.25. The normalized spacial score (nSPS) is 20.7. The quantitative estimate of drug-likeness (QED) is 0.748. The predicted octanol–water partition coefficient (Wildman–Crippen LogP) is 2.57. The molecule has 3 nitrogen and oxygen atoms in total. The summed E-state index contributed by atoms with van der Waals surface area (Å²) in [6, 6.07) is 5.33. The first-order valence-electron chi connectivity index (χ1n) is 4.76. The van der Waals surface area contributed by atoms with Crippen LogP contribution in [0.25, 0.3) is 0 Å². The Bertz CT molecular complexity index is 455. The SMILES string of the molecule is CN1C(=O)CC(c2c(Cl)cccc2Br)C1=O. The lowest BCUT2D eigenvalue weighted by molar-refractivity contribution is -0.137. The van der Waals surface area contributed by atoms with Gasteiger partial charge in [-0.15, -0.1) is 0 Å². The number of amides is 2. The first-order valence-corrected chi connectivity index (χ1v) is 5.93. The minimum Gasteiger partial charge on any atom is -0.285 e. The van der Waals surface area contributed by atoms with Gasteiger partial charge in [0.15, 0.2) is 0 Å². The van der Waals surface area contributed by atoms with E-state index in [0.717, 1.165) is 9.37 Å². The van der Waals surface area contributed by atoms with E-state index in [4.69, 9.17) is 11.6 Å². The maximum atomic E-state index is 11.8. The zero-order chi connectivity index (χ0) is 11.9. The van der Waals surface area contributed by atoms with E-state index in [1.54, 1.807) is 12.1 Å². The van der Waals surface area contributed by atoms with Crippen LogP contribution in [-0.4, -0.2) is 23.8 Å². The Balaban J connectivity index is 2.47. The first-order chi connectivity index (χ1) is 7.52. The van der Waals surface area contributed by atoms with E-state index in [9.17, 15) is 9.59 Å². The molecule has 0 aliphatic carbocycles. The summed E-state index contributed by atoms with van der Waals surface area (Å²) in [5, 5.41) is 0.510. The summed E-state index contributed by atoms with van der Waals surface area (Å²) in [7, 11) is 1.50. The van der Waals surface area contributed by atoms with Crippen molar-refractivity contribution in [2.75, 3.05) is 7.05 Å². The summed E-state index contributed by atoms with van der Waals surface area (Å²) < 4.78 is 0.765. The second-order valence-electron chi connectivity index (χ2n) is 3.68. The van der Waals surface area contributed by atoms with Crippen LogP contribution in [0.5, 0.6) is 0 Å². The van der Waals surface area contributed by atoms with Gasteiger partial charge in [0.2, 0.25) is 11.8 Å². The van der Waals surface area contributed by atoms with Crippen LogP contribution in [0.3, 0.4) is 0 Å². The third kappa shape index (κ3) is 1.76. The van der Waals surface area contributed by atoms with Crippen molar-refractivity contribution in [2.24, 2.45) is 0 Å². The van der Waals surface area contributed by atoms with Gasteiger partial charge >= 0.3 is 0 Å². The molecule has 5 heteroatoms. The average molecular weight is 303 g/mol. The van der Waals surface area contributed by atoms with Crippen LogP contribution in [0, 0.1) is 0 Å². The van der Waals surface area contributed by atoms with Crippen LogP contribution in [0.15, 0.2) is 22.7 Å². The molecule has 0 radical (unpaired) electrons. The highest BCUT2D eigenvalue weighted by Crippen LogP contribution is 2.37. The maximum Gasteiger partial charge on any atom is 0.237 e. The average Bonchev–Trinajstić information content (AvgIpc) is 2.47. The summed E-state index contributed by atoms with van der Waals surface area (Å²) in [4.78, 5) is 24.4. The number of likely N-dealkylation sites (tertiary alicyclic amines) is 1. The highest BCUT2D eigenvalue weighted by molar-refractivity contribution is 9.10. The van der Waals surface area contributed by atoms with E-state index < -0.39 is 5.92 Å². The van der Waals surface area contributed by atoms with Gasteiger partial charge in [-0.25, -0.2) is 0 Å². The molecular formula is C11H9BrClNO2. The Morgan fingerprint density at radius 3 is 2.62 bits per heavy atom. The van der Waals surface area contributed by atoms with Crippen LogP contribution in [0.4, 0.5) is 0 Å². The van der Waals surface area contributed by atoms with Crippen LogP contribution in [-0.2, 0) is 9.59 Å². The lowest BCUT2D eigenvalue weighted by Gasteiger charge is -2.12. The molecule has 1 heterocycles. The van der Waals surface area contributed by atoms with Gasteiger partial charge in [0.25, 0.3) is 0 Å². The molecule has 1 unspecified atom stereocenters. The zero-order valence-electron chi connectivity index (χ0n) is 8.54. The van der Waals surface area contributed by atoms with Crippen LogP contribution < -0.4 is 0 Å². The van der Waals surface area contributed by atoms with E-state index in [2.05, 4.69) is 15.9 Å². The lowest BCUT2D eigenvalue weighted by atomic mass is 9.97. The summed E-state index contributed by atoms with van der Waals surface area (Å²) in [6.45, 7) is 0. The smallest absolute Gasteiger partial charge is 0.237 e. The van der Waals surface area contributed by atoms with Crippen molar-refractivity contribution in [1.29, 1.82) is 0 Å². The van der Waals surface area contributed by atoms with E-state index in [1.165, 1.54) is 7.05 Å². The number of likely N-dealkylation sites (N-methyl/N-ethyl adjacent to an activating group) is 1. The van der Waals surface area contributed by atoms with Gasteiger partial charge in [0.05, 0.1) is 5.92 Å². The number of hydrogen-bond donors (Lipinski definition) is 0. The van der Waals surface area contributed by atoms with Crippen LogP contribution in [0.1, 0.15) is 17.9 Å². The van der Waals surface area contributed by atoms with Gasteiger partial charge in [-0.3, -0.25) is 14.5 Å².